The number of benzene rings is 2. The third kappa shape index (κ3) is 6.18. The number of carbonyl (C=O) groups excluding carboxylic acids is 1. The average molecular weight is 431 g/mol. The largest absolute Gasteiger partial charge is 0.489 e. The number of carboxylic acid groups (broad SMARTS) is 1. The topological polar surface area (TPSA) is 93.5 Å². The number of allylic oxidation sites excluding steroid dienone is 1. The van der Waals surface area contributed by atoms with E-state index in [-0.39, 0.29) is 18.0 Å². The fourth-order valence-electron chi connectivity index (χ4n) is 2.95. The highest BCUT2D eigenvalue weighted by Crippen LogP contribution is 2.17. The van der Waals surface area contributed by atoms with Crippen LogP contribution in [0.2, 0.25) is 0 Å². The van der Waals surface area contributed by atoms with Crippen LogP contribution in [0, 0.1) is 0 Å². The van der Waals surface area contributed by atoms with Gasteiger partial charge in [-0.2, -0.15) is 0 Å². The zero-order valence-corrected chi connectivity index (χ0v) is 18.0. The Labute approximate surface area is 186 Å². The van der Waals surface area contributed by atoms with Crippen molar-refractivity contribution in [3.63, 3.8) is 0 Å². The maximum Gasteiger partial charge on any atom is 0.335 e. The highest BCUT2D eigenvalue weighted by molar-refractivity contribution is 5.87. The number of imidazole rings is 1. The third-order valence-corrected chi connectivity index (χ3v) is 4.67. The van der Waals surface area contributed by atoms with Crippen molar-refractivity contribution in [3.05, 3.63) is 89.0 Å². The lowest BCUT2D eigenvalue weighted by Gasteiger charge is -2.07. The minimum atomic E-state index is -0.949. The Hall–Kier alpha value is -4.13. The maximum atomic E-state index is 11.8. The molecule has 0 radical (unpaired) electrons. The van der Waals surface area contributed by atoms with E-state index in [0.717, 1.165) is 16.8 Å². The molecule has 0 atom stereocenters. The predicted octanol–water partition coefficient (Wildman–Crippen LogP) is 4.11. The molecule has 7 heteroatoms. The van der Waals surface area contributed by atoms with Crippen molar-refractivity contribution in [2.24, 2.45) is 0 Å². The summed E-state index contributed by atoms with van der Waals surface area (Å²) >= 11 is 0. The fourth-order valence-corrected chi connectivity index (χ4v) is 2.95. The van der Waals surface area contributed by atoms with Gasteiger partial charge in [0.1, 0.15) is 24.7 Å². The van der Waals surface area contributed by atoms with Crippen molar-refractivity contribution in [1.82, 2.24) is 14.9 Å². The number of carboxylic acids is 1. The predicted molar refractivity (Wildman–Crippen MR) is 124 cm³/mol. The van der Waals surface area contributed by atoms with Crippen molar-refractivity contribution in [2.75, 3.05) is 7.05 Å². The van der Waals surface area contributed by atoms with Gasteiger partial charge in [0.05, 0.1) is 11.3 Å². The molecule has 0 saturated heterocycles. The number of hydrogen-bond acceptors (Lipinski definition) is 4. The number of nitrogens with one attached hydrogen (secondary N) is 1. The molecular weight excluding hydrogens is 406 g/mol. The highest BCUT2D eigenvalue weighted by atomic mass is 16.5. The molecule has 0 bridgehead atoms. The Bertz CT molecular complexity index is 1130. The molecule has 0 saturated carbocycles. The number of carbonyl (C=O) groups is 2. The van der Waals surface area contributed by atoms with Gasteiger partial charge in [-0.15, -0.1) is 0 Å². The Balaban J connectivity index is 1.65. The average Bonchev–Trinajstić information content (AvgIpc) is 3.18. The monoisotopic (exact) mass is 431 g/mol. The van der Waals surface area contributed by atoms with Gasteiger partial charge in [-0.25, -0.2) is 9.78 Å². The van der Waals surface area contributed by atoms with Gasteiger partial charge in [-0.3, -0.25) is 4.79 Å². The Morgan fingerprint density at radius 2 is 1.78 bits per heavy atom. The zero-order chi connectivity index (χ0) is 22.9. The molecule has 0 unspecified atom stereocenters. The second-order valence-electron chi connectivity index (χ2n) is 7.02. The summed E-state index contributed by atoms with van der Waals surface area (Å²) in [4.78, 5) is 27.2. The van der Waals surface area contributed by atoms with Gasteiger partial charge < -0.3 is 19.7 Å². The minimum absolute atomic E-state index is 0.0943. The van der Waals surface area contributed by atoms with Crippen LogP contribution < -0.4 is 10.1 Å². The fraction of sp³-hybridized carbons (Fsp3) is 0.160. The molecule has 0 aliphatic heterocycles. The lowest BCUT2D eigenvalue weighted by atomic mass is 10.1. The lowest BCUT2D eigenvalue weighted by Crippen LogP contribution is -2.23. The molecule has 1 heterocycles. The summed E-state index contributed by atoms with van der Waals surface area (Å²) in [5, 5.41) is 11.6. The first-order valence-corrected chi connectivity index (χ1v) is 10.1. The lowest BCUT2D eigenvalue weighted by molar-refractivity contribution is -0.121. The van der Waals surface area contributed by atoms with Crippen LogP contribution in [0.1, 0.15) is 39.9 Å². The van der Waals surface area contributed by atoms with E-state index in [2.05, 4.69) is 10.3 Å². The Morgan fingerprint density at radius 3 is 2.41 bits per heavy atom. The van der Waals surface area contributed by atoms with Gasteiger partial charge >= 0.3 is 5.97 Å². The number of hydrogen-bond donors (Lipinski definition) is 2. The SMILES string of the molecule is C/C=C/c1cn(CC(=O)NC)c(/C=C/c2ccc(OCc3ccc(C(=O)O)cc3)cc2)n1. The summed E-state index contributed by atoms with van der Waals surface area (Å²) in [6.07, 6.45) is 9.43. The third-order valence-electron chi connectivity index (χ3n) is 4.67. The van der Waals surface area contributed by atoms with E-state index in [1.54, 1.807) is 35.9 Å². The summed E-state index contributed by atoms with van der Waals surface area (Å²) in [6.45, 7) is 2.46. The number of amides is 1. The van der Waals surface area contributed by atoms with Crippen LogP contribution in [-0.2, 0) is 17.9 Å². The summed E-state index contributed by atoms with van der Waals surface area (Å²) in [5.41, 5.74) is 2.89. The number of rotatable bonds is 9. The maximum absolute atomic E-state index is 11.8. The number of aromatic nitrogens is 2. The first-order valence-electron chi connectivity index (χ1n) is 10.1. The van der Waals surface area contributed by atoms with Gasteiger partial charge in [0, 0.05) is 13.2 Å². The number of nitrogens with zero attached hydrogens (tertiary/aromatic N) is 2. The summed E-state index contributed by atoms with van der Waals surface area (Å²) in [6, 6.07) is 14.2. The zero-order valence-electron chi connectivity index (χ0n) is 18.0. The molecule has 0 fully saturated rings. The van der Waals surface area contributed by atoms with E-state index in [9.17, 15) is 9.59 Å². The molecule has 2 aromatic carbocycles. The Kier molecular flexibility index (Phi) is 7.59. The van der Waals surface area contributed by atoms with Crippen LogP contribution in [0.15, 0.2) is 60.8 Å². The second-order valence-corrected chi connectivity index (χ2v) is 7.02. The molecule has 0 aliphatic rings. The van der Waals surface area contributed by atoms with Gasteiger partial charge in [-0.1, -0.05) is 36.4 Å². The molecule has 1 amide bonds. The van der Waals surface area contributed by atoms with E-state index in [0.29, 0.717) is 18.2 Å². The number of ether oxygens (including phenoxy) is 1. The molecular formula is C25H25N3O4. The van der Waals surface area contributed by atoms with Crippen molar-refractivity contribution >= 4 is 30.1 Å². The molecule has 0 aliphatic carbocycles. The van der Waals surface area contributed by atoms with Crippen LogP contribution in [-0.4, -0.2) is 33.6 Å². The van der Waals surface area contributed by atoms with Crippen LogP contribution in [0.5, 0.6) is 5.75 Å². The van der Waals surface area contributed by atoms with Gasteiger partial charge in [-0.05, 0) is 54.5 Å². The number of aromatic carboxylic acids is 1. The quantitative estimate of drug-likeness (QED) is 0.532. The van der Waals surface area contributed by atoms with Crippen molar-refractivity contribution < 1.29 is 19.4 Å². The van der Waals surface area contributed by atoms with E-state index in [1.165, 1.54) is 0 Å². The van der Waals surface area contributed by atoms with Crippen LogP contribution in [0.3, 0.4) is 0 Å². The molecule has 3 rings (SSSR count). The van der Waals surface area contributed by atoms with E-state index in [4.69, 9.17) is 9.84 Å². The van der Waals surface area contributed by atoms with Gasteiger partial charge in [0.2, 0.25) is 5.91 Å². The number of likely N-dealkylation sites (N-methyl/N-ethyl adjacent to an activating group) is 1. The highest BCUT2D eigenvalue weighted by Gasteiger charge is 2.07. The van der Waals surface area contributed by atoms with Crippen molar-refractivity contribution in [1.29, 1.82) is 0 Å². The summed E-state index contributed by atoms with van der Waals surface area (Å²) < 4.78 is 7.58. The molecule has 164 valence electrons. The van der Waals surface area contributed by atoms with E-state index >= 15 is 0 Å². The van der Waals surface area contributed by atoms with Crippen LogP contribution >= 0.6 is 0 Å². The molecule has 1 aromatic heterocycles. The van der Waals surface area contributed by atoms with Crippen molar-refractivity contribution in [3.8, 4) is 5.75 Å². The standard InChI is InChI=1S/C25H25N3O4/c1-3-4-21-15-28(16-24(29)26-2)23(27-21)14-9-18-7-12-22(13-8-18)32-17-19-5-10-20(11-6-19)25(30)31/h3-15H,16-17H2,1-2H3,(H,26,29)(H,30,31)/b4-3+,14-9+. The summed E-state index contributed by atoms with van der Waals surface area (Å²) in [7, 11) is 1.61. The van der Waals surface area contributed by atoms with Crippen LogP contribution in [0.4, 0.5) is 0 Å². The second kappa shape index (κ2) is 10.8. The van der Waals surface area contributed by atoms with Crippen LogP contribution in [0.25, 0.3) is 18.2 Å². The smallest absolute Gasteiger partial charge is 0.335 e. The van der Waals surface area contributed by atoms with Gasteiger partial charge in [0.25, 0.3) is 0 Å². The van der Waals surface area contributed by atoms with E-state index < -0.39 is 5.97 Å². The Morgan fingerprint density at radius 1 is 1.06 bits per heavy atom. The van der Waals surface area contributed by atoms with E-state index in [1.807, 2.05) is 61.7 Å². The normalized spacial score (nSPS) is 11.2. The first-order chi connectivity index (χ1) is 15.5. The molecule has 32 heavy (non-hydrogen) atoms. The minimum Gasteiger partial charge on any atom is -0.489 e. The van der Waals surface area contributed by atoms with Crippen molar-refractivity contribution in [2.45, 2.75) is 20.1 Å². The molecule has 7 nitrogen and oxygen atoms in total. The molecule has 3 aromatic rings. The molecule has 0 spiro atoms. The summed E-state index contributed by atoms with van der Waals surface area (Å²) in [5.74, 6) is 0.353. The first kappa shape index (κ1) is 22.6. The molecule has 2 N–H and O–H groups in total. The van der Waals surface area contributed by atoms with Gasteiger partial charge in [0.15, 0.2) is 0 Å².